The van der Waals surface area contributed by atoms with Crippen LogP contribution in [0.1, 0.15) is 45.6 Å². The molecule has 1 saturated heterocycles. The fraction of sp³-hybridized carbons (Fsp3) is 0.667. The number of rotatable bonds is 6. The van der Waals surface area contributed by atoms with E-state index in [1.54, 1.807) is 0 Å². The molecule has 2 N–H and O–H groups in total. The summed E-state index contributed by atoms with van der Waals surface area (Å²) in [6, 6.07) is 10.8. The predicted molar refractivity (Wildman–Crippen MR) is 86.9 cm³/mol. The van der Waals surface area contributed by atoms with Crippen molar-refractivity contribution in [1.82, 2.24) is 4.90 Å². The Hall–Kier alpha value is -0.860. The SMILES string of the molecule is CCC1(CC)CCN(CC(C)(CN)c2ccccc2)C1. The fourth-order valence-corrected chi connectivity index (χ4v) is 3.60. The van der Waals surface area contributed by atoms with Crippen LogP contribution in [0.4, 0.5) is 0 Å². The minimum absolute atomic E-state index is 0.0683. The van der Waals surface area contributed by atoms with Gasteiger partial charge in [-0.2, -0.15) is 0 Å². The third kappa shape index (κ3) is 3.07. The van der Waals surface area contributed by atoms with Gasteiger partial charge in [0.1, 0.15) is 0 Å². The molecule has 0 saturated carbocycles. The van der Waals surface area contributed by atoms with Crippen LogP contribution in [0.5, 0.6) is 0 Å². The smallest absolute Gasteiger partial charge is 0.0174 e. The molecule has 1 aliphatic rings. The highest BCUT2D eigenvalue weighted by Crippen LogP contribution is 2.38. The first-order chi connectivity index (χ1) is 9.57. The maximum Gasteiger partial charge on any atom is 0.0174 e. The Morgan fingerprint density at radius 1 is 1.20 bits per heavy atom. The Labute approximate surface area is 124 Å². The average Bonchev–Trinajstić information content (AvgIpc) is 2.91. The van der Waals surface area contributed by atoms with E-state index in [-0.39, 0.29) is 5.41 Å². The second-order valence-electron chi connectivity index (χ2n) is 6.80. The lowest BCUT2D eigenvalue weighted by atomic mass is 9.81. The zero-order chi connectivity index (χ0) is 14.6. The molecule has 112 valence electrons. The molecular weight excluding hydrogens is 244 g/mol. The highest BCUT2D eigenvalue weighted by Gasteiger charge is 2.38. The summed E-state index contributed by atoms with van der Waals surface area (Å²) in [4.78, 5) is 2.63. The van der Waals surface area contributed by atoms with Crippen LogP contribution in [0.15, 0.2) is 30.3 Å². The first-order valence-corrected chi connectivity index (χ1v) is 8.05. The average molecular weight is 274 g/mol. The molecule has 0 radical (unpaired) electrons. The number of nitrogens with zero attached hydrogens (tertiary/aromatic N) is 1. The summed E-state index contributed by atoms with van der Waals surface area (Å²) in [5.41, 5.74) is 8.11. The van der Waals surface area contributed by atoms with Crippen molar-refractivity contribution in [2.75, 3.05) is 26.2 Å². The normalized spacial score (nSPS) is 21.8. The van der Waals surface area contributed by atoms with Crippen molar-refractivity contribution < 1.29 is 0 Å². The van der Waals surface area contributed by atoms with Crippen LogP contribution in [0, 0.1) is 5.41 Å². The van der Waals surface area contributed by atoms with Gasteiger partial charge in [-0.1, -0.05) is 51.1 Å². The van der Waals surface area contributed by atoms with Crippen LogP contribution in [0.3, 0.4) is 0 Å². The third-order valence-electron chi connectivity index (χ3n) is 5.51. The summed E-state index contributed by atoms with van der Waals surface area (Å²) < 4.78 is 0. The first-order valence-electron chi connectivity index (χ1n) is 8.05. The molecule has 1 atom stereocenters. The molecule has 0 bridgehead atoms. The number of hydrogen-bond acceptors (Lipinski definition) is 2. The Kier molecular flexibility index (Phi) is 4.87. The molecule has 1 heterocycles. The maximum absolute atomic E-state index is 6.12. The highest BCUT2D eigenvalue weighted by molar-refractivity contribution is 5.25. The summed E-state index contributed by atoms with van der Waals surface area (Å²) in [5, 5.41) is 0. The molecule has 1 aliphatic heterocycles. The molecule has 2 nitrogen and oxygen atoms in total. The van der Waals surface area contributed by atoms with Crippen LogP contribution in [-0.4, -0.2) is 31.1 Å². The number of nitrogens with two attached hydrogens (primary N) is 1. The van der Waals surface area contributed by atoms with Crippen LogP contribution < -0.4 is 5.73 Å². The van der Waals surface area contributed by atoms with Crippen LogP contribution in [-0.2, 0) is 5.41 Å². The largest absolute Gasteiger partial charge is 0.330 e. The number of benzene rings is 1. The summed E-state index contributed by atoms with van der Waals surface area (Å²) in [6.07, 6.45) is 3.94. The number of likely N-dealkylation sites (tertiary alicyclic amines) is 1. The second kappa shape index (κ2) is 6.28. The van der Waals surface area contributed by atoms with E-state index in [0.717, 1.165) is 6.54 Å². The van der Waals surface area contributed by atoms with E-state index in [1.165, 1.54) is 37.9 Å². The molecule has 0 aliphatic carbocycles. The van der Waals surface area contributed by atoms with Crippen molar-refractivity contribution in [1.29, 1.82) is 0 Å². The highest BCUT2D eigenvalue weighted by atomic mass is 15.2. The van der Waals surface area contributed by atoms with Gasteiger partial charge in [0, 0.05) is 25.0 Å². The third-order valence-corrected chi connectivity index (χ3v) is 5.51. The monoisotopic (exact) mass is 274 g/mol. The van der Waals surface area contributed by atoms with Gasteiger partial charge >= 0.3 is 0 Å². The van der Waals surface area contributed by atoms with E-state index < -0.39 is 0 Å². The molecule has 0 aromatic heterocycles. The fourth-order valence-electron chi connectivity index (χ4n) is 3.60. The van der Waals surface area contributed by atoms with Crippen LogP contribution in [0.2, 0.25) is 0 Å². The second-order valence-corrected chi connectivity index (χ2v) is 6.80. The Morgan fingerprint density at radius 3 is 2.35 bits per heavy atom. The van der Waals surface area contributed by atoms with E-state index >= 15 is 0 Å². The molecule has 2 heteroatoms. The molecule has 0 spiro atoms. The zero-order valence-electron chi connectivity index (χ0n) is 13.4. The van der Waals surface area contributed by atoms with E-state index in [9.17, 15) is 0 Å². The van der Waals surface area contributed by atoms with Crippen molar-refractivity contribution in [3.63, 3.8) is 0 Å². The summed E-state index contributed by atoms with van der Waals surface area (Å²) in [6.45, 7) is 11.2. The topological polar surface area (TPSA) is 29.3 Å². The summed E-state index contributed by atoms with van der Waals surface area (Å²) in [7, 11) is 0. The molecule has 1 aromatic carbocycles. The van der Waals surface area contributed by atoms with Crippen molar-refractivity contribution in [2.45, 2.75) is 45.4 Å². The van der Waals surface area contributed by atoms with Gasteiger partial charge in [-0.25, -0.2) is 0 Å². The van der Waals surface area contributed by atoms with Crippen molar-refractivity contribution in [3.8, 4) is 0 Å². The maximum atomic E-state index is 6.12. The minimum atomic E-state index is 0.0683. The quantitative estimate of drug-likeness (QED) is 0.861. The Morgan fingerprint density at radius 2 is 1.85 bits per heavy atom. The Bertz CT molecular complexity index is 411. The molecule has 1 unspecified atom stereocenters. The summed E-state index contributed by atoms with van der Waals surface area (Å²) in [5.74, 6) is 0. The van der Waals surface area contributed by atoms with Gasteiger partial charge in [0.05, 0.1) is 0 Å². The lowest BCUT2D eigenvalue weighted by Crippen LogP contribution is -2.43. The molecule has 1 fully saturated rings. The van der Waals surface area contributed by atoms with Crippen molar-refractivity contribution >= 4 is 0 Å². The van der Waals surface area contributed by atoms with E-state index in [4.69, 9.17) is 5.73 Å². The van der Waals surface area contributed by atoms with Crippen molar-refractivity contribution in [3.05, 3.63) is 35.9 Å². The molecule has 0 amide bonds. The first kappa shape index (κ1) is 15.5. The van der Waals surface area contributed by atoms with Gasteiger partial charge in [0.2, 0.25) is 0 Å². The lowest BCUT2D eigenvalue weighted by Gasteiger charge is -2.34. The lowest BCUT2D eigenvalue weighted by molar-refractivity contribution is 0.209. The predicted octanol–water partition coefficient (Wildman–Crippen LogP) is 3.42. The van der Waals surface area contributed by atoms with Gasteiger partial charge < -0.3 is 10.6 Å². The van der Waals surface area contributed by atoms with Crippen molar-refractivity contribution in [2.24, 2.45) is 11.1 Å². The van der Waals surface area contributed by atoms with E-state index in [2.05, 4.69) is 56.0 Å². The molecular formula is C18H30N2. The van der Waals surface area contributed by atoms with Gasteiger partial charge in [0.25, 0.3) is 0 Å². The minimum Gasteiger partial charge on any atom is -0.330 e. The van der Waals surface area contributed by atoms with Gasteiger partial charge in [-0.05, 0) is 36.8 Å². The standard InChI is InChI=1S/C18H30N2/c1-4-18(5-2)11-12-20(15-18)14-17(3,13-19)16-9-7-6-8-10-16/h6-10H,4-5,11-15,19H2,1-3H3. The molecule has 1 aromatic rings. The Balaban J connectivity index is 2.08. The van der Waals surface area contributed by atoms with Gasteiger partial charge in [-0.15, -0.1) is 0 Å². The van der Waals surface area contributed by atoms with E-state index in [0.29, 0.717) is 12.0 Å². The molecule has 2 rings (SSSR count). The van der Waals surface area contributed by atoms with Gasteiger partial charge in [-0.3, -0.25) is 0 Å². The zero-order valence-corrected chi connectivity index (χ0v) is 13.4. The molecule has 20 heavy (non-hydrogen) atoms. The van der Waals surface area contributed by atoms with E-state index in [1.807, 2.05) is 0 Å². The van der Waals surface area contributed by atoms with Crippen LogP contribution >= 0.6 is 0 Å². The summed E-state index contributed by atoms with van der Waals surface area (Å²) >= 11 is 0. The number of hydrogen-bond donors (Lipinski definition) is 1. The van der Waals surface area contributed by atoms with Crippen LogP contribution in [0.25, 0.3) is 0 Å². The van der Waals surface area contributed by atoms with Gasteiger partial charge in [0.15, 0.2) is 0 Å².